The van der Waals surface area contributed by atoms with Gasteiger partial charge in [0.15, 0.2) is 0 Å². The van der Waals surface area contributed by atoms with Crippen LogP contribution >= 0.6 is 11.8 Å². The number of carboxylic acid groups (broad SMARTS) is 1. The third kappa shape index (κ3) is 6.16. The van der Waals surface area contributed by atoms with Crippen molar-refractivity contribution in [1.82, 2.24) is 0 Å². The highest BCUT2D eigenvalue weighted by Crippen LogP contribution is 2.17. The van der Waals surface area contributed by atoms with Gasteiger partial charge in [-0.1, -0.05) is 0 Å². The van der Waals surface area contributed by atoms with Gasteiger partial charge in [-0.3, -0.25) is 4.79 Å². The van der Waals surface area contributed by atoms with E-state index in [1.54, 1.807) is 14.2 Å². The van der Waals surface area contributed by atoms with E-state index in [4.69, 9.17) is 18.4 Å². The summed E-state index contributed by atoms with van der Waals surface area (Å²) in [6.45, 7) is 2.42. The summed E-state index contributed by atoms with van der Waals surface area (Å²) in [4.78, 5) is 10.3. The van der Waals surface area contributed by atoms with Gasteiger partial charge in [-0.15, -0.1) is 0 Å². The van der Waals surface area contributed by atoms with Crippen LogP contribution in [0.3, 0.4) is 0 Å². The molecule has 90 valence electrons. The predicted octanol–water partition coefficient (Wildman–Crippen LogP) is 1.07. The molecule has 7 heteroatoms. The number of thioether (sulfide) groups is 1. The fourth-order valence-corrected chi connectivity index (χ4v) is 4.35. The highest BCUT2D eigenvalue weighted by molar-refractivity contribution is 8.00. The number of carbonyl (C=O) groups is 1. The van der Waals surface area contributed by atoms with Crippen LogP contribution in [0.25, 0.3) is 0 Å². The van der Waals surface area contributed by atoms with Gasteiger partial charge in [-0.05, 0) is 12.7 Å². The van der Waals surface area contributed by atoms with E-state index < -0.39 is 14.8 Å². The number of carboxylic acids is 1. The Morgan fingerprint density at radius 3 is 2.40 bits per heavy atom. The average molecular weight is 254 g/mol. The van der Waals surface area contributed by atoms with E-state index in [1.165, 1.54) is 11.8 Å². The van der Waals surface area contributed by atoms with Crippen molar-refractivity contribution in [3.8, 4) is 0 Å². The smallest absolute Gasteiger partial charge is 0.481 e. The first-order valence-corrected chi connectivity index (χ1v) is 7.72. The molecule has 0 radical (unpaired) electrons. The third-order valence-electron chi connectivity index (χ3n) is 1.76. The first kappa shape index (κ1) is 14.9. The van der Waals surface area contributed by atoms with Crippen LogP contribution in [0.5, 0.6) is 0 Å². The highest BCUT2D eigenvalue weighted by Gasteiger charge is 2.37. The summed E-state index contributed by atoms with van der Waals surface area (Å²) in [5.74, 6) is -0.0388. The monoisotopic (exact) mass is 254 g/mol. The zero-order valence-electron chi connectivity index (χ0n) is 9.32. The Morgan fingerprint density at radius 2 is 2.00 bits per heavy atom. The van der Waals surface area contributed by atoms with Gasteiger partial charge < -0.3 is 18.4 Å². The van der Waals surface area contributed by atoms with Gasteiger partial charge in [-0.25, -0.2) is 0 Å². The molecule has 0 amide bonds. The summed E-state index contributed by atoms with van der Waals surface area (Å²) in [5, 5.41) is 8.46. The lowest BCUT2D eigenvalue weighted by atomic mass is 10.8. The fourth-order valence-electron chi connectivity index (χ4n) is 1.05. The van der Waals surface area contributed by atoms with Crippen molar-refractivity contribution < 1.29 is 23.2 Å². The van der Waals surface area contributed by atoms with Crippen molar-refractivity contribution >= 4 is 26.5 Å². The Kier molecular flexibility index (Phi) is 8.07. The van der Waals surface area contributed by atoms with Crippen molar-refractivity contribution in [2.45, 2.75) is 13.0 Å². The molecule has 5 nitrogen and oxygen atoms in total. The maximum absolute atomic E-state index is 10.3. The molecule has 0 aromatic heterocycles. The van der Waals surface area contributed by atoms with Crippen LogP contribution in [-0.2, 0) is 18.1 Å². The van der Waals surface area contributed by atoms with E-state index in [2.05, 4.69) is 0 Å². The van der Waals surface area contributed by atoms with E-state index in [1.807, 2.05) is 6.92 Å². The summed E-state index contributed by atoms with van der Waals surface area (Å²) >= 11 is 1.34. The molecule has 0 spiro atoms. The standard InChI is InChI=1S/C8H18O5SSi/c1-4-13-15(11-2,12-3)6-5-14-7-8(9)10/h4-7H2,1-3H3,(H,9,10). The maximum Gasteiger partial charge on any atom is 0.501 e. The minimum Gasteiger partial charge on any atom is -0.481 e. The lowest BCUT2D eigenvalue weighted by Gasteiger charge is -2.25. The first-order valence-electron chi connectivity index (χ1n) is 4.64. The number of aliphatic carboxylic acids is 1. The molecular formula is C8H18O5SSi. The molecule has 0 unspecified atom stereocenters. The second-order valence-corrected chi connectivity index (χ2v) is 6.80. The van der Waals surface area contributed by atoms with Crippen LogP contribution in [0.2, 0.25) is 6.04 Å². The molecule has 0 saturated heterocycles. The molecule has 0 fully saturated rings. The Hall–Kier alpha value is -0.0831. The van der Waals surface area contributed by atoms with Crippen molar-refractivity contribution in [1.29, 1.82) is 0 Å². The molecule has 0 saturated carbocycles. The van der Waals surface area contributed by atoms with E-state index in [0.717, 1.165) is 0 Å². The van der Waals surface area contributed by atoms with Crippen LogP contribution in [0.4, 0.5) is 0 Å². The lowest BCUT2D eigenvalue weighted by Crippen LogP contribution is -2.44. The molecule has 15 heavy (non-hydrogen) atoms. The summed E-state index contributed by atoms with van der Waals surface area (Å²) < 4.78 is 16.0. The van der Waals surface area contributed by atoms with Gasteiger partial charge in [0, 0.05) is 26.9 Å². The molecule has 0 aromatic carbocycles. The second-order valence-electron chi connectivity index (χ2n) is 2.72. The Morgan fingerprint density at radius 1 is 1.40 bits per heavy atom. The SMILES string of the molecule is CCO[Si](CCSCC(=O)O)(OC)OC. The van der Waals surface area contributed by atoms with Gasteiger partial charge in [0.2, 0.25) is 0 Å². The summed E-state index contributed by atoms with van der Waals surface area (Å²) in [6.07, 6.45) is 0. The summed E-state index contributed by atoms with van der Waals surface area (Å²) in [6, 6.07) is 0.631. The van der Waals surface area contributed by atoms with Gasteiger partial charge in [0.1, 0.15) is 0 Å². The van der Waals surface area contributed by atoms with E-state index >= 15 is 0 Å². The van der Waals surface area contributed by atoms with Crippen LogP contribution in [0.15, 0.2) is 0 Å². The first-order chi connectivity index (χ1) is 7.10. The van der Waals surface area contributed by atoms with Crippen molar-refractivity contribution in [2.24, 2.45) is 0 Å². The van der Waals surface area contributed by atoms with Crippen LogP contribution in [0.1, 0.15) is 6.92 Å². The molecule has 0 rings (SSSR count). The summed E-state index contributed by atoms with van der Waals surface area (Å²) in [5.41, 5.74) is 0. The number of hydrogen-bond acceptors (Lipinski definition) is 5. The topological polar surface area (TPSA) is 65.0 Å². The molecule has 0 aromatic rings. The van der Waals surface area contributed by atoms with Gasteiger partial charge in [-0.2, -0.15) is 11.8 Å². The number of hydrogen-bond donors (Lipinski definition) is 1. The van der Waals surface area contributed by atoms with Gasteiger partial charge in [0.05, 0.1) is 5.75 Å². The molecule has 0 heterocycles. The van der Waals surface area contributed by atoms with E-state index in [9.17, 15) is 4.79 Å². The quantitative estimate of drug-likeness (QED) is 0.490. The van der Waals surface area contributed by atoms with E-state index in [-0.39, 0.29) is 5.75 Å². The Balaban J connectivity index is 3.89. The lowest BCUT2D eigenvalue weighted by molar-refractivity contribution is -0.133. The number of rotatable bonds is 9. The molecule has 0 aliphatic rings. The van der Waals surface area contributed by atoms with Gasteiger partial charge in [0.25, 0.3) is 0 Å². The molecule has 0 aliphatic carbocycles. The van der Waals surface area contributed by atoms with E-state index in [0.29, 0.717) is 18.4 Å². The molecule has 0 aliphatic heterocycles. The molecule has 0 atom stereocenters. The van der Waals surface area contributed by atoms with Crippen molar-refractivity contribution in [2.75, 3.05) is 32.3 Å². The van der Waals surface area contributed by atoms with Crippen LogP contribution in [-0.4, -0.2) is 52.2 Å². The van der Waals surface area contributed by atoms with Crippen molar-refractivity contribution in [3.05, 3.63) is 0 Å². The molecule has 1 N–H and O–H groups in total. The maximum atomic E-state index is 10.3. The fraction of sp³-hybridized carbons (Fsp3) is 0.875. The van der Waals surface area contributed by atoms with Crippen LogP contribution in [0, 0.1) is 0 Å². The summed E-state index contributed by atoms with van der Waals surface area (Å²) in [7, 11) is 0.596. The highest BCUT2D eigenvalue weighted by atomic mass is 32.2. The second kappa shape index (κ2) is 8.11. The Labute approximate surface area is 95.5 Å². The predicted molar refractivity (Wildman–Crippen MR) is 61.2 cm³/mol. The molecule has 0 bridgehead atoms. The zero-order chi connectivity index (χ0) is 11.7. The normalized spacial score (nSPS) is 11.7. The van der Waals surface area contributed by atoms with Crippen molar-refractivity contribution in [3.63, 3.8) is 0 Å². The average Bonchev–Trinajstić information content (AvgIpc) is 2.22. The minimum atomic E-state index is -2.53. The largest absolute Gasteiger partial charge is 0.501 e. The Bertz CT molecular complexity index is 186. The molecular weight excluding hydrogens is 236 g/mol. The zero-order valence-corrected chi connectivity index (χ0v) is 11.1. The van der Waals surface area contributed by atoms with Gasteiger partial charge >= 0.3 is 14.8 Å². The minimum absolute atomic E-state index is 0.101. The third-order valence-corrected chi connectivity index (χ3v) is 5.91. The van der Waals surface area contributed by atoms with Crippen LogP contribution < -0.4 is 0 Å².